The minimum Gasteiger partial charge on any atom is -0.493 e. The summed E-state index contributed by atoms with van der Waals surface area (Å²) in [5.41, 5.74) is 1.65. The molecular formula is C23H24N4O4. The second kappa shape index (κ2) is 8.29. The van der Waals surface area contributed by atoms with Crippen LogP contribution in [0.25, 0.3) is 11.7 Å². The number of carbonyl (C=O) groups excluding carboxylic acids is 1. The van der Waals surface area contributed by atoms with Gasteiger partial charge in [-0.2, -0.15) is 0 Å². The zero-order valence-corrected chi connectivity index (χ0v) is 17.4. The Kier molecular flexibility index (Phi) is 5.19. The second-order valence-corrected chi connectivity index (χ2v) is 7.69. The molecule has 8 nitrogen and oxygen atoms in total. The van der Waals surface area contributed by atoms with Crippen LogP contribution in [0.15, 0.2) is 42.6 Å². The van der Waals surface area contributed by atoms with E-state index >= 15 is 0 Å². The summed E-state index contributed by atoms with van der Waals surface area (Å²) in [5, 5.41) is 8.64. The summed E-state index contributed by atoms with van der Waals surface area (Å²) in [7, 11) is 1.59. The van der Waals surface area contributed by atoms with Crippen LogP contribution in [0.5, 0.6) is 17.2 Å². The molecule has 1 fully saturated rings. The molecule has 0 bridgehead atoms. The Morgan fingerprint density at radius 3 is 3.03 bits per heavy atom. The number of fused-ring (bicyclic) bond motifs is 2. The lowest BCUT2D eigenvalue weighted by Gasteiger charge is -2.31. The number of hydrogen-bond acceptors (Lipinski definition) is 6. The number of nitrogens with zero attached hydrogens (tertiary/aromatic N) is 4. The number of ether oxygens (including phenoxy) is 3. The fraction of sp³-hybridized carbons (Fsp3) is 0.348. The number of aromatic nitrogens is 3. The van der Waals surface area contributed by atoms with E-state index in [1.807, 2.05) is 45.8 Å². The molecular weight excluding hydrogens is 396 g/mol. The molecule has 1 aromatic carbocycles. The maximum absolute atomic E-state index is 12.9. The molecule has 1 amide bonds. The Bertz CT molecular complexity index is 1120. The fourth-order valence-corrected chi connectivity index (χ4v) is 4.19. The van der Waals surface area contributed by atoms with Gasteiger partial charge in [0.1, 0.15) is 19.0 Å². The average molecular weight is 420 g/mol. The molecule has 160 valence electrons. The lowest BCUT2D eigenvalue weighted by atomic mass is 9.97. The molecule has 0 N–H and O–H groups in total. The van der Waals surface area contributed by atoms with Crippen LogP contribution in [0, 0.1) is 0 Å². The number of hydrogen-bond donors (Lipinski definition) is 0. The standard InChI is InChI=1S/C23H24N4O4/c1-29-18-13-16(14-19-22(18)31-12-11-30-19)7-8-21(28)26-9-4-5-17(15-26)23-25-24-20-6-2-3-10-27(20)23/h2-3,6-8,10,13-14,17H,4-5,9,11-12,15H2,1H3. The SMILES string of the molecule is COc1cc(C=CC(=O)N2CCCC(c3nnc4ccccn34)C2)cc2c1OCCO2. The Hall–Kier alpha value is -3.55. The van der Waals surface area contributed by atoms with Gasteiger partial charge in [-0.1, -0.05) is 6.07 Å². The van der Waals surface area contributed by atoms with Crippen molar-refractivity contribution >= 4 is 17.6 Å². The Morgan fingerprint density at radius 2 is 2.13 bits per heavy atom. The fourth-order valence-electron chi connectivity index (χ4n) is 4.19. The molecule has 1 unspecified atom stereocenters. The van der Waals surface area contributed by atoms with E-state index in [1.165, 1.54) is 0 Å². The monoisotopic (exact) mass is 420 g/mol. The van der Waals surface area contributed by atoms with Crippen LogP contribution >= 0.6 is 0 Å². The van der Waals surface area contributed by atoms with Crippen molar-refractivity contribution in [3.8, 4) is 17.2 Å². The third kappa shape index (κ3) is 3.81. The summed E-state index contributed by atoms with van der Waals surface area (Å²) >= 11 is 0. The second-order valence-electron chi connectivity index (χ2n) is 7.69. The largest absolute Gasteiger partial charge is 0.493 e. The molecule has 3 aromatic rings. The van der Waals surface area contributed by atoms with Gasteiger partial charge >= 0.3 is 0 Å². The number of benzene rings is 1. The summed E-state index contributed by atoms with van der Waals surface area (Å²) in [5.74, 6) is 2.89. The van der Waals surface area contributed by atoms with Crippen LogP contribution in [-0.4, -0.2) is 58.8 Å². The molecule has 0 spiro atoms. The number of likely N-dealkylation sites (tertiary alicyclic amines) is 1. The number of amides is 1. The zero-order valence-electron chi connectivity index (χ0n) is 17.4. The summed E-state index contributed by atoms with van der Waals surface area (Å²) in [6, 6.07) is 9.56. The number of methoxy groups -OCH3 is 1. The molecule has 0 aliphatic carbocycles. The van der Waals surface area contributed by atoms with Gasteiger partial charge in [0, 0.05) is 31.3 Å². The summed E-state index contributed by atoms with van der Waals surface area (Å²) in [4.78, 5) is 14.8. The van der Waals surface area contributed by atoms with Gasteiger partial charge in [-0.15, -0.1) is 10.2 Å². The van der Waals surface area contributed by atoms with E-state index in [9.17, 15) is 4.79 Å². The first-order valence-corrected chi connectivity index (χ1v) is 10.5. The predicted molar refractivity (Wildman–Crippen MR) is 115 cm³/mol. The maximum atomic E-state index is 12.9. The van der Waals surface area contributed by atoms with Gasteiger partial charge in [0.15, 0.2) is 17.1 Å². The van der Waals surface area contributed by atoms with Crippen molar-refractivity contribution < 1.29 is 19.0 Å². The number of pyridine rings is 1. The van der Waals surface area contributed by atoms with Crippen molar-refractivity contribution in [2.24, 2.45) is 0 Å². The van der Waals surface area contributed by atoms with E-state index < -0.39 is 0 Å². The van der Waals surface area contributed by atoms with E-state index in [2.05, 4.69) is 10.2 Å². The first-order chi connectivity index (χ1) is 15.2. The molecule has 2 aromatic heterocycles. The smallest absolute Gasteiger partial charge is 0.246 e. The number of carbonyl (C=O) groups is 1. The summed E-state index contributed by atoms with van der Waals surface area (Å²) < 4.78 is 18.7. The van der Waals surface area contributed by atoms with Gasteiger partial charge < -0.3 is 19.1 Å². The average Bonchev–Trinajstić information content (AvgIpc) is 3.26. The minimum atomic E-state index is -0.0209. The first-order valence-electron chi connectivity index (χ1n) is 10.5. The van der Waals surface area contributed by atoms with Gasteiger partial charge in [0.25, 0.3) is 0 Å². The highest BCUT2D eigenvalue weighted by molar-refractivity contribution is 5.92. The Balaban J connectivity index is 1.32. The number of rotatable bonds is 4. The summed E-state index contributed by atoms with van der Waals surface area (Å²) in [6.07, 6.45) is 7.29. The lowest BCUT2D eigenvalue weighted by Crippen LogP contribution is -2.38. The van der Waals surface area contributed by atoms with E-state index in [-0.39, 0.29) is 11.8 Å². The molecule has 0 saturated carbocycles. The molecule has 1 saturated heterocycles. The zero-order chi connectivity index (χ0) is 21.2. The highest BCUT2D eigenvalue weighted by Crippen LogP contribution is 2.40. The van der Waals surface area contributed by atoms with Gasteiger partial charge in [-0.25, -0.2) is 0 Å². The van der Waals surface area contributed by atoms with Crippen molar-refractivity contribution in [2.45, 2.75) is 18.8 Å². The van der Waals surface area contributed by atoms with Crippen molar-refractivity contribution in [3.05, 3.63) is 54.0 Å². The van der Waals surface area contributed by atoms with Crippen LogP contribution in [0.2, 0.25) is 0 Å². The normalized spacial score (nSPS) is 18.5. The topological polar surface area (TPSA) is 78.2 Å². The summed E-state index contributed by atoms with van der Waals surface area (Å²) in [6.45, 7) is 2.35. The molecule has 1 atom stereocenters. The predicted octanol–water partition coefficient (Wildman–Crippen LogP) is 2.93. The molecule has 2 aliphatic heterocycles. The van der Waals surface area contributed by atoms with Crippen molar-refractivity contribution in [3.63, 3.8) is 0 Å². The molecule has 5 rings (SSSR count). The molecule has 4 heterocycles. The molecule has 8 heteroatoms. The third-order valence-electron chi connectivity index (χ3n) is 5.71. The van der Waals surface area contributed by atoms with E-state index in [0.717, 1.165) is 36.4 Å². The van der Waals surface area contributed by atoms with Gasteiger partial charge in [-0.3, -0.25) is 9.20 Å². The first kappa shape index (κ1) is 19.4. The number of piperidine rings is 1. The van der Waals surface area contributed by atoms with Gasteiger partial charge in [0.2, 0.25) is 11.7 Å². The molecule has 2 aliphatic rings. The van der Waals surface area contributed by atoms with Crippen molar-refractivity contribution in [1.82, 2.24) is 19.5 Å². The quantitative estimate of drug-likeness (QED) is 0.604. The minimum absolute atomic E-state index is 0.0209. The Morgan fingerprint density at radius 1 is 1.23 bits per heavy atom. The Labute approximate surface area is 180 Å². The van der Waals surface area contributed by atoms with E-state index in [1.54, 1.807) is 19.3 Å². The van der Waals surface area contributed by atoms with Crippen LogP contribution in [0.4, 0.5) is 0 Å². The highest BCUT2D eigenvalue weighted by Gasteiger charge is 2.27. The van der Waals surface area contributed by atoms with Crippen LogP contribution in [0.1, 0.15) is 30.1 Å². The van der Waals surface area contributed by atoms with Crippen molar-refractivity contribution in [2.75, 3.05) is 33.4 Å². The van der Waals surface area contributed by atoms with Gasteiger partial charge in [-0.05, 0) is 48.7 Å². The van der Waals surface area contributed by atoms with Crippen molar-refractivity contribution in [1.29, 1.82) is 0 Å². The highest BCUT2D eigenvalue weighted by atomic mass is 16.6. The maximum Gasteiger partial charge on any atom is 0.246 e. The van der Waals surface area contributed by atoms with Crippen LogP contribution in [-0.2, 0) is 4.79 Å². The molecule has 31 heavy (non-hydrogen) atoms. The van der Waals surface area contributed by atoms with Crippen LogP contribution < -0.4 is 14.2 Å². The third-order valence-corrected chi connectivity index (χ3v) is 5.71. The molecule has 0 radical (unpaired) electrons. The van der Waals surface area contributed by atoms with Gasteiger partial charge in [0.05, 0.1) is 7.11 Å². The van der Waals surface area contributed by atoms with Crippen LogP contribution in [0.3, 0.4) is 0 Å². The lowest BCUT2D eigenvalue weighted by molar-refractivity contribution is -0.127. The van der Waals surface area contributed by atoms with E-state index in [4.69, 9.17) is 14.2 Å². The van der Waals surface area contributed by atoms with E-state index in [0.29, 0.717) is 37.0 Å².